The normalized spacial score (nSPS) is 17.6. The number of methoxy groups -OCH3 is 4. The van der Waals surface area contributed by atoms with Crippen LogP contribution >= 0.6 is 0 Å². The van der Waals surface area contributed by atoms with Gasteiger partial charge in [0.25, 0.3) is 29.5 Å². The third-order valence-electron chi connectivity index (χ3n) is 15.1. The van der Waals surface area contributed by atoms with Gasteiger partial charge in [0.05, 0.1) is 58.1 Å². The molecule has 492 valence electrons. The summed E-state index contributed by atoms with van der Waals surface area (Å²) in [6, 6.07) is 26.9. The predicted octanol–water partition coefficient (Wildman–Crippen LogP) is 4.24. The highest BCUT2D eigenvalue weighted by Crippen LogP contribution is 2.35. The highest BCUT2D eigenvalue weighted by atomic mass is 19.3. The van der Waals surface area contributed by atoms with Crippen molar-refractivity contribution in [1.82, 2.24) is 41.2 Å². The van der Waals surface area contributed by atoms with Crippen molar-refractivity contribution in [2.24, 2.45) is 22.9 Å². The molecule has 4 aromatic heterocycles. The van der Waals surface area contributed by atoms with Gasteiger partial charge in [0.15, 0.2) is 11.4 Å². The van der Waals surface area contributed by atoms with E-state index in [-0.39, 0.29) is 82.5 Å². The van der Waals surface area contributed by atoms with E-state index in [9.17, 15) is 47.1 Å². The molecule has 0 bridgehead atoms. The number of nitrogens with one attached hydrogen (secondary N) is 4. The molecule has 12 N–H and O–H groups in total. The van der Waals surface area contributed by atoms with Crippen LogP contribution < -0.4 is 82.1 Å². The van der Waals surface area contributed by atoms with E-state index in [0.717, 1.165) is 35.4 Å². The van der Waals surface area contributed by atoms with E-state index in [4.69, 9.17) is 60.8 Å². The molecule has 28 nitrogen and oxygen atoms in total. The number of ether oxygens (including phenoxy) is 8. The fraction of sp³-hybridized carbons (Fsp3) is 0.312. The summed E-state index contributed by atoms with van der Waals surface area (Å²) >= 11 is 0. The van der Waals surface area contributed by atoms with Crippen LogP contribution in [0.15, 0.2) is 97.1 Å². The summed E-state index contributed by atoms with van der Waals surface area (Å²) in [5, 5.41) is 13.5. The summed E-state index contributed by atoms with van der Waals surface area (Å²) in [6.07, 6.45) is 3.23. The molecule has 4 aliphatic heterocycles. The fourth-order valence-corrected chi connectivity index (χ4v) is 10.4. The van der Waals surface area contributed by atoms with Crippen LogP contribution in [0.1, 0.15) is 86.5 Å². The number of nitrogens with two attached hydrogens (primary N) is 4. The molecule has 8 aromatic rings. The van der Waals surface area contributed by atoms with Gasteiger partial charge in [-0.15, -0.1) is 0 Å². The van der Waals surface area contributed by atoms with Crippen molar-refractivity contribution in [2.75, 3.05) is 54.9 Å². The van der Waals surface area contributed by atoms with E-state index in [1.54, 1.807) is 60.7 Å². The van der Waals surface area contributed by atoms with Crippen LogP contribution in [0.25, 0.3) is 43.6 Å². The smallest absolute Gasteiger partial charge is 0.326 e. The number of aromatic nitrogens is 4. The molecule has 4 atom stereocenters. The second-order valence-corrected chi connectivity index (χ2v) is 21.7. The van der Waals surface area contributed by atoms with Gasteiger partial charge in [-0.3, -0.25) is 38.4 Å². The van der Waals surface area contributed by atoms with Gasteiger partial charge in [-0.05, 0) is 73.9 Å². The van der Waals surface area contributed by atoms with Crippen molar-refractivity contribution >= 4 is 90.9 Å². The molecule has 0 saturated carbocycles. The maximum Gasteiger partial charge on any atom is 0.326 e. The Morgan fingerprint density at radius 2 is 0.819 bits per heavy atom. The Labute approximate surface area is 534 Å². The molecule has 4 saturated heterocycles. The molecule has 4 aliphatic rings. The summed E-state index contributed by atoms with van der Waals surface area (Å²) < 4.78 is 70.0. The number of amides is 8. The van der Waals surface area contributed by atoms with Crippen molar-refractivity contribution in [3.05, 3.63) is 119 Å². The number of pyridine rings is 4. The van der Waals surface area contributed by atoms with Gasteiger partial charge in [0.2, 0.25) is 35.4 Å². The van der Waals surface area contributed by atoms with E-state index in [1.807, 2.05) is 30.3 Å². The third kappa shape index (κ3) is 16.0. The first kappa shape index (κ1) is 66.9. The Bertz CT molecular complexity index is 3940. The zero-order valence-electron chi connectivity index (χ0n) is 51.2. The SMILES string of the molecule is COc1cc2c(OCC3CCC(=O)N3)cccc2nc1C(N)=O.COc1nc2c(OCC3CCC(=O)N3)cccc2cc1C(N)=O.COc1nc2c(OC[C@@H]3CC(F)(F)C(=O)N3)cccc2cc1C(N)=O.COc1nc2c(OC[C@@H]3CCC(=O)N3)cccc2cc1C(N)=O. The monoisotopic (exact) mass is 1300 g/mol. The average molecular weight is 1300 g/mol. The number of para-hydroxylation sites is 3. The Morgan fingerprint density at radius 1 is 0.457 bits per heavy atom. The van der Waals surface area contributed by atoms with Crippen LogP contribution in [0.2, 0.25) is 0 Å². The van der Waals surface area contributed by atoms with Crippen LogP contribution in [-0.2, 0) is 19.2 Å². The number of benzene rings is 4. The van der Waals surface area contributed by atoms with Crippen LogP contribution in [0, 0.1) is 0 Å². The van der Waals surface area contributed by atoms with Crippen LogP contribution in [-0.4, -0.2) is 152 Å². The lowest BCUT2D eigenvalue weighted by molar-refractivity contribution is -0.139. The summed E-state index contributed by atoms with van der Waals surface area (Å²) in [5.41, 5.74) is 24.1. The van der Waals surface area contributed by atoms with Gasteiger partial charge in [0.1, 0.15) is 82.7 Å². The van der Waals surface area contributed by atoms with Crippen molar-refractivity contribution in [1.29, 1.82) is 0 Å². The number of carbonyl (C=O) groups excluding carboxylic acids is 8. The Morgan fingerprint density at radius 3 is 1.14 bits per heavy atom. The van der Waals surface area contributed by atoms with Crippen molar-refractivity contribution in [2.45, 2.75) is 75.0 Å². The minimum atomic E-state index is -3.38. The third-order valence-corrected chi connectivity index (χ3v) is 15.1. The first-order chi connectivity index (χ1) is 45.1. The number of hydrogen-bond acceptors (Lipinski definition) is 20. The number of hydrogen-bond donors (Lipinski definition) is 8. The largest absolute Gasteiger partial charge is 0.494 e. The number of rotatable bonds is 20. The molecule has 2 unspecified atom stereocenters. The predicted molar refractivity (Wildman–Crippen MR) is 334 cm³/mol. The topological polar surface area (TPSA) is 414 Å². The van der Waals surface area contributed by atoms with Gasteiger partial charge >= 0.3 is 5.92 Å². The number of primary amides is 4. The zero-order chi connectivity index (χ0) is 67.4. The number of alkyl halides is 2. The first-order valence-corrected chi connectivity index (χ1v) is 29.2. The lowest BCUT2D eigenvalue weighted by Crippen LogP contribution is -2.33. The van der Waals surface area contributed by atoms with E-state index < -0.39 is 47.9 Å². The summed E-state index contributed by atoms with van der Waals surface area (Å²) in [7, 11) is 5.66. The molecule has 0 aliphatic carbocycles. The summed E-state index contributed by atoms with van der Waals surface area (Å²) in [4.78, 5) is 108. The van der Waals surface area contributed by atoms with Gasteiger partial charge in [-0.25, -0.2) is 19.9 Å². The number of fused-ring (bicyclic) bond motifs is 4. The fourth-order valence-electron chi connectivity index (χ4n) is 10.4. The van der Waals surface area contributed by atoms with Crippen LogP contribution in [0.4, 0.5) is 8.78 Å². The minimum absolute atomic E-state index is 0.00421. The summed E-state index contributed by atoms with van der Waals surface area (Å²) in [6.45, 7) is 0.978. The lowest BCUT2D eigenvalue weighted by Gasteiger charge is -2.14. The summed E-state index contributed by atoms with van der Waals surface area (Å²) in [5.74, 6) is -4.36. The highest BCUT2D eigenvalue weighted by molar-refractivity contribution is 6.02. The molecular formula is C64H66F2N12O16. The average Bonchev–Trinajstić information content (AvgIpc) is 1.36. The molecule has 8 amide bonds. The standard InChI is InChI=1S/C16H15F2N3O4.3C16H17N3O4/c1-24-14-10(13(19)22)5-8-3-2-4-11(12(8)21-14)25-7-9-6-16(17,18)15(23)20-9;1-22-13-7-10-11(19-15(13)16(17)21)3-2-4-12(10)23-8-9-5-6-14(20)18-9;2*1-22-16-11(15(17)21)7-9-3-2-4-12(14(9)19-16)23-8-10-5-6-13(20)18-10/h2-5,9H,6-7H2,1H3,(H2,19,22)(H,20,23);2-4,7,9H,5-6,8H2,1H3,(H2,17,21)(H,18,20);2*2-4,7,10H,5-6,8H2,1H3,(H2,17,21)(H,18,20)/t9-;;10-;/m0.0./s1. The Kier molecular flexibility index (Phi) is 21.1. The maximum atomic E-state index is 13.2. The van der Waals surface area contributed by atoms with Crippen LogP contribution in [0.3, 0.4) is 0 Å². The van der Waals surface area contributed by atoms with Gasteiger partial charge in [0, 0.05) is 47.2 Å². The Balaban J connectivity index is 0.000000148. The molecule has 8 heterocycles. The van der Waals surface area contributed by atoms with E-state index in [0.29, 0.717) is 95.3 Å². The number of nitrogens with zero attached hydrogens (tertiary/aromatic N) is 4. The van der Waals surface area contributed by atoms with E-state index >= 15 is 0 Å². The molecule has 0 spiro atoms. The molecule has 12 rings (SSSR count). The molecule has 0 radical (unpaired) electrons. The quantitative estimate of drug-likeness (QED) is 0.0529. The number of halogens is 2. The molecule has 4 aromatic carbocycles. The van der Waals surface area contributed by atoms with E-state index in [1.165, 1.54) is 34.5 Å². The highest BCUT2D eigenvalue weighted by Gasteiger charge is 2.48. The van der Waals surface area contributed by atoms with Gasteiger partial charge < -0.3 is 82.1 Å². The van der Waals surface area contributed by atoms with Crippen molar-refractivity contribution < 1.29 is 85.0 Å². The number of carbonyl (C=O) groups is 8. The van der Waals surface area contributed by atoms with Gasteiger partial charge in [-0.1, -0.05) is 42.5 Å². The molecule has 30 heteroatoms. The van der Waals surface area contributed by atoms with Crippen molar-refractivity contribution in [3.63, 3.8) is 0 Å². The minimum Gasteiger partial charge on any atom is -0.494 e. The second-order valence-electron chi connectivity index (χ2n) is 21.7. The van der Waals surface area contributed by atoms with Crippen molar-refractivity contribution in [3.8, 4) is 46.4 Å². The lowest BCUT2D eigenvalue weighted by atomic mass is 10.1. The Hall–Kier alpha value is -11.5. The maximum absolute atomic E-state index is 13.2. The molecule has 4 fully saturated rings. The molecular weight excluding hydrogens is 1230 g/mol. The van der Waals surface area contributed by atoms with E-state index in [2.05, 4.69) is 41.2 Å². The van der Waals surface area contributed by atoms with Crippen LogP contribution in [0.5, 0.6) is 46.4 Å². The molecule has 94 heavy (non-hydrogen) atoms. The zero-order valence-corrected chi connectivity index (χ0v) is 51.2. The second kappa shape index (κ2) is 29.7. The van der Waals surface area contributed by atoms with Gasteiger partial charge in [-0.2, -0.15) is 8.78 Å². The first-order valence-electron chi connectivity index (χ1n) is 29.2.